The highest BCUT2D eigenvalue weighted by Gasteiger charge is 2.26. The summed E-state index contributed by atoms with van der Waals surface area (Å²) in [5.41, 5.74) is 6.12. The van der Waals surface area contributed by atoms with Crippen LogP contribution in [0, 0.1) is 17.7 Å². The van der Waals surface area contributed by atoms with Crippen LogP contribution in [0.25, 0.3) is 5.65 Å². The van der Waals surface area contributed by atoms with Gasteiger partial charge in [0.15, 0.2) is 18.1 Å². The van der Waals surface area contributed by atoms with E-state index in [-0.39, 0.29) is 53.8 Å². The molecule has 0 atom stereocenters. The molecule has 2 aromatic heterocycles. The van der Waals surface area contributed by atoms with E-state index in [1.165, 1.54) is 6.07 Å². The van der Waals surface area contributed by atoms with Gasteiger partial charge in [0.05, 0.1) is 11.9 Å². The number of carbonyl (C=O) groups is 4. The van der Waals surface area contributed by atoms with Crippen molar-refractivity contribution >= 4 is 35.0 Å². The summed E-state index contributed by atoms with van der Waals surface area (Å²) in [6.45, 7) is 0.388. The van der Waals surface area contributed by atoms with Crippen molar-refractivity contribution in [1.29, 1.82) is 0 Å². The van der Waals surface area contributed by atoms with E-state index in [1.807, 2.05) is 0 Å². The Hall–Kier alpha value is -4.55. The molecule has 5 rings (SSSR count). The van der Waals surface area contributed by atoms with E-state index in [9.17, 15) is 23.6 Å². The number of fused-ring (bicyclic) bond motifs is 2. The fraction of sp³-hybridized carbons (Fsp3) is 0.360. The van der Waals surface area contributed by atoms with Crippen molar-refractivity contribution in [3.8, 4) is 5.75 Å². The fourth-order valence-corrected chi connectivity index (χ4v) is 4.71. The van der Waals surface area contributed by atoms with Crippen LogP contribution in [0.15, 0.2) is 30.5 Å². The van der Waals surface area contributed by atoms with Gasteiger partial charge in [0.2, 0.25) is 5.91 Å². The number of halogens is 1. The maximum atomic E-state index is 14.4. The molecule has 2 aliphatic rings. The largest absolute Gasteiger partial charge is 0.482 e. The number of carbonyl (C=O) groups excluding carboxylic acids is 4. The summed E-state index contributed by atoms with van der Waals surface area (Å²) in [5.74, 6) is -1.93. The standard InChI is InChI=1S/C25H26FN7O5/c26-16-11-30-33-19(25(37)29-9-13-1-4-15(5-2-13)22(27)35)8-18(32-23(16)33)24(36)28-10-14-3-6-20-17(7-14)31-21(34)12-38-20/h3,6-8,11,13,15H,1-2,4-5,9-10,12H2,(H2,27,35)(H,28,36)(H,29,37)(H,31,34). The molecule has 4 amide bonds. The number of benzene rings is 1. The van der Waals surface area contributed by atoms with E-state index < -0.39 is 17.6 Å². The molecule has 0 radical (unpaired) electrons. The van der Waals surface area contributed by atoms with Crippen molar-refractivity contribution in [3.05, 3.63) is 53.2 Å². The van der Waals surface area contributed by atoms with E-state index in [0.29, 0.717) is 36.4 Å². The third-order valence-electron chi connectivity index (χ3n) is 6.82. The van der Waals surface area contributed by atoms with Crippen LogP contribution in [-0.2, 0) is 16.1 Å². The molecule has 5 N–H and O–H groups in total. The maximum Gasteiger partial charge on any atom is 0.270 e. The first-order chi connectivity index (χ1) is 18.3. The molecular weight excluding hydrogens is 497 g/mol. The molecule has 0 bridgehead atoms. The van der Waals surface area contributed by atoms with Gasteiger partial charge in [-0.1, -0.05) is 6.07 Å². The number of hydrogen-bond acceptors (Lipinski definition) is 7. The van der Waals surface area contributed by atoms with Crippen LogP contribution in [0.2, 0.25) is 0 Å². The molecule has 1 aromatic carbocycles. The topological polar surface area (TPSA) is 170 Å². The summed E-state index contributed by atoms with van der Waals surface area (Å²) in [4.78, 5) is 52.9. The van der Waals surface area contributed by atoms with Gasteiger partial charge in [-0.2, -0.15) is 5.10 Å². The second-order valence-electron chi connectivity index (χ2n) is 9.43. The van der Waals surface area contributed by atoms with Crippen LogP contribution in [0.3, 0.4) is 0 Å². The number of nitrogens with one attached hydrogen (secondary N) is 3. The van der Waals surface area contributed by atoms with Crippen LogP contribution in [-0.4, -0.2) is 51.4 Å². The van der Waals surface area contributed by atoms with Crippen molar-refractivity contribution in [2.24, 2.45) is 17.6 Å². The number of ether oxygens (including phenoxy) is 1. The Bertz CT molecular complexity index is 1430. The van der Waals surface area contributed by atoms with E-state index in [4.69, 9.17) is 10.5 Å². The van der Waals surface area contributed by atoms with Crippen molar-refractivity contribution in [1.82, 2.24) is 25.2 Å². The second kappa shape index (κ2) is 10.4. The van der Waals surface area contributed by atoms with E-state index in [0.717, 1.165) is 23.6 Å². The lowest BCUT2D eigenvalue weighted by atomic mass is 9.81. The molecule has 13 heteroatoms. The molecular formula is C25H26FN7O5. The molecule has 0 unspecified atom stereocenters. The minimum Gasteiger partial charge on any atom is -0.482 e. The van der Waals surface area contributed by atoms with Crippen LogP contribution >= 0.6 is 0 Å². The van der Waals surface area contributed by atoms with Gasteiger partial charge in [-0.05, 0) is 49.3 Å². The van der Waals surface area contributed by atoms with Gasteiger partial charge >= 0.3 is 0 Å². The number of hydrogen-bond donors (Lipinski definition) is 4. The quantitative estimate of drug-likeness (QED) is 0.360. The van der Waals surface area contributed by atoms with Crippen LogP contribution in [0.4, 0.5) is 10.1 Å². The van der Waals surface area contributed by atoms with Crippen molar-refractivity contribution in [3.63, 3.8) is 0 Å². The molecule has 0 saturated heterocycles. The molecule has 3 heterocycles. The highest BCUT2D eigenvalue weighted by atomic mass is 19.1. The second-order valence-corrected chi connectivity index (χ2v) is 9.43. The lowest BCUT2D eigenvalue weighted by Crippen LogP contribution is -2.35. The lowest BCUT2D eigenvalue weighted by Gasteiger charge is -2.26. The van der Waals surface area contributed by atoms with E-state index in [1.54, 1.807) is 18.2 Å². The van der Waals surface area contributed by atoms with Gasteiger partial charge in [0, 0.05) is 25.1 Å². The lowest BCUT2D eigenvalue weighted by molar-refractivity contribution is -0.123. The molecule has 198 valence electrons. The van der Waals surface area contributed by atoms with Gasteiger partial charge in [-0.25, -0.2) is 13.9 Å². The van der Waals surface area contributed by atoms with Gasteiger partial charge in [-0.15, -0.1) is 0 Å². The number of anilines is 1. The van der Waals surface area contributed by atoms with E-state index >= 15 is 0 Å². The van der Waals surface area contributed by atoms with Crippen LogP contribution in [0.5, 0.6) is 5.75 Å². The minimum atomic E-state index is -0.774. The number of nitrogens with two attached hydrogens (primary N) is 1. The maximum absolute atomic E-state index is 14.4. The zero-order valence-corrected chi connectivity index (χ0v) is 20.3. The molecule has 1 saturated carbocycles. The predicted octanol–water partition coefficient (Wildman–Crippen LogP) is 1.15. The number of rotatable bonds is 7. The summed E-state index contributed by atoms with van der Waals surface area (Å²) in [6, 6.07) is 6.36. The third kappa shape index (κ3) is 5.26. The summed E-state index contributed by atoms with van der Waals surface area (Å²) in [6.07, 6.45) is 3.78. The smallest absolute Gasteiger partial charge is 0.270 e. The first-order valence-corrected chi connectivity index (χ1v) is 12.2. The Morgan fingerprint density at radius 3 is 2.68 bits per heavy atom. The van der Waals surface area contributed by atoms with Crippen LogP contribution < -0.4 is 26.4 Å². The number of amides is 4. The van der Waals surface area contributed by atoms with Crippen LogP contribution in [0.1, 0.15) is 52.2 Å². The number of aromatic nitrogens is 3. The summed E-state index contributed by atoms with van der Waals surface area (Å²) < 4.78 is 20.7. The Morgan fingerprint density at radius 1 is 1.13 bits per heavy atom. The van der Waals surface area contributed by atoms with Gasteiger partial charge in [-0.3, -0.25) is 19.2 Å². The van der Waals surface area contributed by atoms with E-state index in [2.05, 4.69) is 26.0 Å². The summed E-state index contributed by atoms with van der Waals surface area (Å²) in [7, 11) is 0. The first-order valence-electron chi connectivity index (χ1n) is 12.2. The SMILES string of the molecule is NC(=O)C1CCC(CNC(=O)c2cc(C(=O)NCc3ccc4c(c3)NC(=O)CO4)nc3c(F)cnn23)CC1. The Morgan fingerprint density at radius 2 is 1.92 bits per heavy atom. The highest BCUT2D eigenvalue weighted by molar-refractivity contribution is 5.98. The Kier molecular flexibility index (Phi) is 6.90. The molecule has 38 heavy (non-hydrogen) atoms. The van der Waals surface area contributed by atoms with Gasteiger partial charge < -0.3 is 26.4 Å². The van der Waals surface area contributed by atoms with Gasteiger partial charge in [0.1, 0.15) is 17.1 Å². The molecule has 12 nitrogen and oxygen atoms in total. The fourth-order valence-electron chi connectivity index (χ4n) is 4.71. The predicted molar refractivity (Wildman–Crippen MR) is 132 cm³/mol. The molecule has 3 aromatic rings. The Labute approximate surface area is 216 Å². The normalized spacial score (nSPS) is 18.7. The first kappa shape index (κ1) is 25.1. The minimum absolute atomic E-state index is 0.0384. The van der Waals surface area contributed by atoms with Crippen molar-refractivity contribution < 1.29 is 28.3 Å². The number of nitrogens with zero attached hydrogens (tertiary/aromatic N) is 3. The molecule has 1 aliphatic carbocycles. The van der Waals surface area contributed by atoms with Crippen molar-refractivity contribution in [2.45, 2.75) is 32.2 Å². The Balaban J connectivity index is 1.27. The molecule has 1 aliphatic heterocycles. The average Bonchev–Trinajstić information content (AvgIpc) is 3.30. The number of primary amides is 1. The average molecular weight is 524 g/mol. The summed E-state index contributed by atoms with van der Waals surface area (Å²) >= 11 is 0. The molecule has 0 spiro atoms. The van der Waals surface area contributed by atoms with Crippen molar-refractivity contribution in [2.75, 3.05) is 18.5 Å². The third-order valence-corrected chi connectivity index (χ3v) is 6.82. The summed E-state index contributed by atoms with van der Waals surface area (Å²) in [5, 5.41) is 12.1. The monoisotopic (exact) mass is 523 g/mol. The zero-order valence-electron chi connectivity index (χ0n) is 20.3. The highest BCUT2D eigenvalue weighted by Crippen LogP contribution is 2.29. The zero-order chi connectivity index (χ0) is 26.8. The van der Waals surface area contributed by atoms with Gasteiger partial charge in [0.25, 0.3) is 17.7 Å². The molecule has 1 fully saturated rings.